The number of hydrogen-bond acceptors (Lipinski definition) is 5. The number of benzene rings is 2. The summed E-state index contributed by atoms with van der Waals surface area (Å²) in [5, 5.41) is 0. The molecule has 3 aromatic rings. The Balaban J connectivity index is 0.00000169. The highest BCUT2D eigenvalue weighted by molar-refractivity contribution is 5.96. The van der Waals surface area contributed by atoms with E-state index in [0.717, 1.165) is 81.1 Å². The fourth-order valence-electron chi connectivity index (χ4n) is 5.23. The van der Waals surface area contributed by atoms with Crippen LogP contribution in [-0.4, -0.2) is 46.8 Å². The normalized spacial score (nSPS) is 16.0. The second-order valence-electron chi connectivity index (χ2n) is 9.87. The number of carbonyl (C=O) groups is 1. The highest BCUT2D eigenvalue weighted by atomic mass is 35.5. The summed E-state index contributed by atoms with van der Waals surface area (Å²) in [6.45, 7) is 6.34. The van der Waals surface area contributed by atoms with Crippen LogP contribution in [0.3, 0.4) is 0 Å². The van der Waals surface area contributed by atoms with Crippen LogP contribution in [0.1, 0.15) is 52.9 Å². The zero-order valence-electron chi connectivity index (χ0n) is 21.7. The van der Waals surface area contributed by atoms with Gasteiger partial charge in [-0.25, -0.2) is 0 Å². The number of piperidine rings is 1. The van der Waals surface area contributed by atoms with Crippen molar-refractivity contribution < 1.29 is 9.53 Å². The Labute approximate surface area is 245 Å². The molecule has 2 aromatic carbocycles. The SMILES string of the molecule is Cl.Cl.Cl.O=C(CCC1CCN(Cc2ccccn2)CC1)c1ccc2c(c1)CN(Cc1ccccc1)CCO2. The Kier molecular flexibility index (Phi) is 13.6. The number of ketones is 1. The van der Waals surface area contributed by atoms with Crippen molar-refractivity contribution in [1.82, 2.24) is 14.8 Å². The van der Waals surface area contributed by atoms with E-state index in [-0.39, 0.29) is 43.0 Å². The van der Waals surface area contributed by atoms with Crippen LogP contribution in [0.5, 0.6) is 5.75 Å². The summed E-state index contributed by atoms with van der Waals surface area (Å²) in [5.74, 6) is 1.80. The molecule has 0 spiro atoms. The van der Waals surface area contributed by atoms with Gasteiger partial charge < -0.3 is 4.74 Å². The van der Waals surface area contributed by atoms with Crippen LogP contribution in [0.15, 0.2) is 72.9 Å². The average Bonchev–Trinajstić information content (AvgIpc) is 3.10. The Bertz CT molecular complexity index is 1110. The highest BCUT2D eigenvalue weighted by Gasteiger charge is 2.22. The largest absolute Gasteiger partial charge is 0.492 e. The Morgan fingerprint density at radius 2 is 1.63 bits per heavy atom. The van der Waals surface area contributed by atoms with E-state index in [9.17, 15) is 4.79 Å². The molecule has 0 unspecified atom stereocenters. The molecule has 3 heterocycles. The summed E-state index contributed by atoms with van der Waals surface area (Å²) in [4.78, 5) is 22.4. The minimum Gasteiger partial charge on any atom is -0.492 e. The number of hydrogen-bond donors (Lipinski definition) is 0. The first-order valence-corrected chi connectivity index (χ1v) is 12.9. The lowest BCUT2D eigenvalue weighted by Crippen LogP contribution is -2.33. The fourth-order valence-corrected chi connectivity index (χ4v) is 5.23. The lowest BCUT2D eigenvalue weighted by molar-refractivity contribution is 0.0961. The van der Waals surface area contributed by atoms with Crippen LogP contribution in [0, 0.1) is 5.92 Å². The van der Waals surface area contributed by atoms with Crippen molar-refractivity contribution in [3.05, 3.63) is 95.3 Å². The molecule has 1 aromatic heterocycles. The molecule has 1 saturated heterocycles. The predicted molar refractivity (Wildman–Crippen MR) is 160 cm³/mol. The number of halogens is 3. The molecule has 206 valence electrons. The molecule has 8 heteroatoms. The molecule has 0 atom stereocenters. The van der Waals surface area contributed by atoms with Gasteiger partial charge >= 0.3 is 0 Å². The third kappa shape index (κ3) is 8.96. The molecule has 0 saturated carbocycles. The van der Waals surface area contributed by atoms with Crippen LogP contribution in [0.2, 0.25) is 0 Å². The number of fused-ring (bicyclic) bond motifs is 1. The van der Waals surface area contributed by atoms with Gasteiger partial charge in [0.15, 0.2) is 5.78 Å². The molecule has 1 fully saturated rings. The zero-order valence-corrected chi connectivity index (χ0v) is 24.1. The lowest BCUT2D eigenvalue weighted by atomic mass is 9.90. The van der Waals surface area contributed by atoms with Gasteiger partial charge in [-0.3, -0.25) is 19.6 Å². The maximum Gasteiger partial charge on any atom is 0.162 e. The first-order valence-electron chi connectivity index (χ1n) is 12.9. The summed E-state index contributed by atoms with van der Waals surface area (Å²) < 4.78 is 6.00. The Morgan fingerprint density at radius 3 is 2.37 bits per heavy atom. The molecule has 5 nitrogen and oxygen atoms in total. The summed E-state index contributed by atoms with van der Waals surface area (Å²) in [5.41, 5.74) is 4.37. The van der Waals surface area contributed by atoms with E-state index in [0.29, 0.717) is 18.9 Å². The molecule has 0 radical (unpaired) electrons. The quantitative estimate of drug-likeness (QED) is 0.281. The number of aromatic nitrogens is 1. The lowest BCUT2D eigenvalue weighted by Gasteiger charge is -2.31. The second kappa shape index (κ2) is 16.1. The molecule has 0 N–H and O–H groups in total. The van der Waals surface area contributed by atoms with Crippen LogP contribution in [-0.2, 0) is 19.6 Å². The molecule has 38 heavy (non-hydrogen) atoms. The van der Waals surface area contributed by atoms with Crippen LogP contribution in [0.4, 0.5) is 0 Å². The van der Waals surface area contributed by atoms with Crippen molar-refractivity contribution >= 4 is 43.0 Å². The number of ether oxygens (including phenoxy) is 1. The van der Waals surface area contributed by atoms with Crippen LogP contribution < -0.4 is 4.74 Å². The predicted octanol–water partition coefficient (Wildman–Crippen LogP) is 6.62. The number of likely N-dealkylation sites (tertiary alicyclic amines) is 1. The van der Waals surface area contributed by atoms with Gasteiger partial charge in [0.05, 0.1) is 5.69 Å². The summed E-state index contributed by atoms with van der Waals surface area (Å²) >= 11 is 0. The number of pyridine rings is 1. The summed E-state index contributed by atoms with van der Waals surface area (Å²) in [6.07, 6.45) is 5.78. The van der Waals surface area contributed by atoms with Crippen LogP contribution >= 0.6 is 37.2 Å². The smallest absolute Gasteiger partial charge is 0.162 e. The summed E-state index contributed by atoms with van der Waals surface area (Å²) in [6, 6.07) is 22.7. The van der Waals surface area contributed by atoms with Crippen molar-refractivity contribution in [3.63, 3.8) is 0 Å². The van der Waals surface area contributed by atoms with Gasteiger partial charge in [0, 0.05) is 49.9 Å². The first kappa shape index (κ1) is 32.1. The van der Waals surface area contributed by atoms with E-state index in [1.165, 1.54) is 5.56 Å². The minimum atomic E-state index is 0. The minimum absolute atomic E-state index is 0. The fraction of sp³-hybridized carbons (Fsp3) is 0.400. The maximum absolute atomic E-state index is 13.1. The average molecular weight is 579 g/mol. The third-order valence-corrected chi connectivity index (χ3v) is 7.29. The molecular weight excluding hydrogens is 541 g/mol. The van der Waals surface area contributed by atoms with Gasteiger partial charge in [-0.2, -0.15) is 0 Å². The van der Waals surface area contributed by atoms with Crippen molar-refractivity contribution in [2.75, 3.05) is 26.2 Å². The topological polar surface area (TPSA) is 45.7 Å². The van der Waals surface area contributed by atoms with Gasteiger partial charge in [0.1, 0.15) is 12.4 Å². The molecule has 0 bridgehead atoms. The monoisotopic (exact) mass is 577 g/mol. The highest BCUT2D eigenvalue weighted by Crippen LogP contribution is 2.28. The van der Waals surface area contributed by atoms with Gasteiger partial charge in [-0.15, -0.1) is 37.2 Å². The van der Waals surface area contributed by atoms with Crippen molar-refractivity contribution in [2.24, 2.45) is 5.92 Å². The number of Topliss-reactive ketones (excluding diaryl/α,β-unsaturated/α-hetero) is 1. The molecule has 0 aliphatic carbocycles. The molecule has 2 aliphatic rings. The van der Waals surface area contributed by atoms with E-state index in [1.807, 2.05) is 30.5 Å². The van der Waals surface area contributed by atoms with Gasteiger partial charge in [0.2, 0.25) is 0 Å². The standard InChI is InChI=1S/C30H35N3O2.3ClH/c34-29(11-9-24-13-16-32(17-14-24)23-28-8-4-5-15-31-28)26-10-12-30-27(20-26)22-33(18-19-35-30)21-25-6-2-1-3-7-25;;;/h1-8,10,12,15,20,24H,9,11,13-14,16-19,21-23H2;3*1H. The van der Waals surface area contributed by atoms with Crippen molar-refractivity contribution in [1.29, 1.82) is 0 Å². The molecule has 2 aliphatic heterocycles. The molecule has 5 rings (SSSR count). The van der Waals surface area contributed by atoms with Crippen molar-refractivity contribution in [2.45, 2.75) is 45.3 Å². The molecule has 0 amide bonds. The van der Waals surface area contributed by atoms with Gasteiger partial charge in [-0.05, 0) is 74.2 Å². The number of rotatable bonds is 8. The van der Waals surface area contributed by atoms with Crippen molar-refractivity contribution in [3.8, 4) is 5.75 Å². The zero-order chi connectivity index (χ0) is 23.9. The van der Waals surface area contributed by atoms with Gasteiger partial charge in [0.25, 0.3) is 0 Å². The van der Waals surface area contributed by atoms with E-state index in [4.69, 9.17) is 4.74 Å². The number of carbonyl (C=O) groups excluding carboxylic acids is 1. The third-order valence-electron chi connectivity index (χ3n) is 7.29. The summed E-state index contributed by atoms with van der Waals surface area (Å²) in [7, 11) is 0. The first-order chi connectivity index (χ1) is 17.2. The van der Waals surface area contributed by atoms with Gasteiger partial charge in [-0.1, -0.05) is 36.4 Å². The van der Waals surface area contributed by atoms with E-state index in [2.05, 4.69) is 57.2 Å². The van der Waals surface area contributed by atoms with E-state index >= 15 is 0 Å². The van der Waals surface area contributed by atoms with E-state index < -0.39 is 0 Å². The number of nitrogens with zero attached hydrogens (tertiary/aromatic N) is 3. The van der Waals surface area contributed by atoms with E-state index in [1.54, 1.807) is 0 Å². The van der Waals surface area contributed by atoms with Crippen LogP contribution in [0.25, 0.3) is 0 Å². The molecular formula is C30H38Cl3N3O2. The Morgan fingerprint density at radius 1 is 0.868 bits per heavy atom. The second-order valence-corrected chi connectivity index (χ2v) is 9.87. The Hall–Kier alpha value is -2.15. The maximum atomic E-state index is 13.1.